The van der Waals surface area contributed by atoms with Crippen molar-refractivity contribution in [3.05, 3.63) is 34.0 Å². The van der Waals surface area contributed by atoms with Gasteiger partial charge in [0.2, 0.25) is 0 Å². The third-order valence-corrected chi connectivity index (χ3v) is 3.83. The number of aromatic amines is 1. The Labute approximate surface area is 114 Å². The third-order valence-electron chi connectivity index (χ3n) is 3.42. The molecule has 1 aromatic heterocycles. The minimum Gasteiger partial charge on any atom is -0.358 e. The van der Waals surface area contributed by atoms with Gasteiger partial charge in [-0.2, -0.15) is 0 Å². The molecule has 2 rings (SSSR count). The zero-order chi connectivity index (χ0) is 13.3. The maximum atomic E-state index is 6.16. The average Bonchev–Trinajstić information content (AvgIpc) is 2.62. The van der Waals surface area contributed by atoms with Crippen molar-refractivity contribution in [2.24, 2.45) is 0 Å². The Kier molecular flexibility index (Phi) is 3.98. The molecule has 0 unspecified atom stereocenters. The van der Waals surface area contributed by atoms with Crippen LogP contribution in [-0.2, 0) is 6.42 Å². The molecule has 3 heteroatoms. The number of benzene rings is 1. The second-order valence-electron chi connectivity index (χ2n) is 5.18. The number of halogens is 1. The average molecular weight is 265 g/mol. The first kappa shape index (κ1) is 13.4. The minimum absolute atomic E-state index is 0.534. The summed E-state index contributed by atoms with van der Waals surface area (Å²) in [5, 5.41) is 5.60. The van der Waals surface area contributed by atoms with Gasteiger partial charge in [-0.1, -0.05) is 31.5 Å². The summed E-state index contributed by atoms with van der Waals surface area (Å²) in [5.41, 5.74) is 4.97. The van der Waals surface area contributed by atoms with Crippen molar-refractivity contribution in [2.75, 3.05) is 6.54 Å². The number of fused-ring (bicyclic) bond motifs is 1. The number of aryl methyl sites for hydroxylation is 2. The lowest BCUT2D eigenvalue weighted by atomic mass is 10.1. The van der Waals surface area contributed by atoms with Gasteiger partial charge in [-0.05, 0) is 44.0 Å². The van der Waals surface area contributed by atoms with Gasteiger partial charge in [0.1, 0.15) is 0 Å². The highest BCUT2D eigenvalue weighted by atomic mass is 35.5. The van der Waals surface area contributed by atoms with Gasteiger partial charge in [0, 0.05) is 22.1 Å². The lowest BCUT2D eigenvalue weighted by Crippen LogP contribution is -2.25. The van der Waals surface area contributed by atoms with Crippen molar-refractivity contribution in [3.63, 3.8) is 0 Å². The van der Waals surface area contributed by atoms with Gasteiger partial charge in [0.25, 0.3) is 0 Å². The molecule has 0 aliphatic carbocycles. The van der Waals surface area contributed by atoms with E-state index in [0.29, 0.717) is 6.04 Å². The van der Waals surface area contributed by atoms with E-state index in [9.17, 15) is 0 Å². The highest BCUT2D eigenvalue weighted by Gasteiger charge is 2.11. The minimum atomic E-state index is 0.534. The second kappa shape index (κ2) is 5.33. The van der Waals surface area contributed by atoms with Gasteiger partial charge in [-0.15, -0.1) is 0 Å². The zero-order valence-corrected chi connectivity index (χ0v) is 12.3. The van der Waals surface area contributed by atoms with E-state index in [2.05, 4.69) is 44.1 Å². The van der Waals surface area contributed by atoms with Crippen LogP contribution in [0.5, 0.6) is 0 Å². The molecule has 0 amide bonds. The van der Waals surface area contributed by atoms with Gasteiger partial charge in [-0.3, -0.25) is 0 Å². The van der Waals surface area contributed by atoms with E-state index in [0.717, 1.165) is 23.6 Å². The number of hydrogen-bond acceptors (Lipinski definition) is 1. The topological polar surface area (TPSA) is 27.8 Å². The standard InChI is InChI=1S/C15H21ClN2/c1-9(2)17-8-7-12-11(4)18-15-10(3)14(16)6-5-13(12)15/h5-6,9,17-18H,7-8H2,1-4H3. The summed E-state index contributed by atoms with van der Waals surface area (Å²) in [6.45, 7) is 9.56. The summed E-state index contributed by atoms with van der Waals surface area (Å²) in [4.78, 5) is 3.46. The van der Waals surface area contributed by atoms with E-state index in [1.807, 2.05) is 6.07 Å². The quantitative estimate of drug-likeness (QED) is 0.859. The second-order valence-corrected chi connectivity index (χ2v) is 5.59. The van der Waals surface area contributed by atoms with Crippen LogP contribution in [0, 0.1) is 13.8 Å². The van der Waals surface area contributed by atoms with Crippen LogP contribution in [0.2, 0.25) is 5.02 Å². The van der Waals surface area contributed by atoms with E-state index in [4.69, 9.17) is 11.6 Å². The number of nitrogens with one attached hydrogen (secondary N) is 2. The largest absolute Gasteiger partial charge is 0.358 e. The van der Waals surface area contributed by atoms with E-state index in [-0.39, 0.29) is 0 Å². The molecule has 18 heavy (non-hydrogen) atoms. The van der Waals surface area contributed by atoms with Crippen LogP contribution >= 0.6 is 11.6 Å². The Balaban J connectivity index is 2.33. The van der Waals surface area contributed by atoms with E-state index in [1.165, 1.54) is 22.2 Å². The number of hydrogen-bond donors (Lipinski definition) is 2. The highest BCUT2D eigenvalue weighted by molar-refractivity contribution is 6.32. The van der Waals surface area contributed by atoms with Crippen molar-refractivity contribution < 1.29 is 0 Å². The monoisotopic (exact) mass is 264 g/mol. The van der Waals surface area contributed by atoms with Gasteiger partial charge in [-0.25, -0.2) is 0 Å². The highest BCUT2D eigenvalue weighted by Crippen LogP contribution is 2.29. The molecule has 2 nitrogen and oxygen atoms in total. The van der Waals surface area contributed by atoms with Crippen LogP contribution in [0.3, 0.4) is 0 Å². The first-order valence-corrected chi connectivity index (χ1v) is 6.88. The maximum absolute atomic E-state index is 6.16. The fourth-order valence-corrected chi connectivity index (χ4v) is 2.53. The predicted molar refractivity (Wildman–Crippen MR) is 79.6 cm³/mol. The van der Waals surface area contributed by atoms with Crippen molar-refractivity contribution in [3.8, 4) is 0 Å². The lowest BCUT2D eigenvalue weighted by Gasteiger charge is -2.08. The molecule has 0 fully saturated rings. The fourth-order valence-electron chi connectivity index (χ4n) is 2.37. The molecule has 0 radical (unpaired) electrons. The summed E-state index contributed by atoms with van der Waals surface area (Å²) in [6.07, 6.45) is 1.05. The molecule has 1 aromatic carbocycles. The number of rotatable bonds is 4. The molecule has 2 N–H and O–H groups in total. The molecule has 98 valence electrons. The Hall–Kier alpha value is -0.990. The van der Waals surface area contributed by atoms with Crippen LogP contribution in [0.25, 0.3) is 10.9 Å². The van der Waals surface area contributed by atoms with E-state index in [1.54, 1.807) is 0 Å². The Morgan fingerprint density at radius 2 is 2.00 bits per heavy atom. The summed E-state index contributed by atoms with van der Waals surface area (Å²) in [5.74, 6) is 0. The summed E-state index contributed by atoms with van der Waals surface area (Å²) >= 11 is 6.16. The first-order chi connectivity index (χ1) is 8.50. The number of aromatic nitrogens is 1. The van der Waals surface area contributed by atoms with E-state index >= 15 is 0 Å². The Morgan fingerprint density at radius 3 is 2.67 bits per heavy atom. The van der Waals surface area contributed by atoms with Gasteiger partial charge < -0.3 is 10.3 Å². The van der Waals surface area contributed by atoms with Crippen molar-refractivity contribution in [1.29, 1.82) is 0 Å². The van der Waals surface area contributed by atoms with Crippen LogP contribution in [0.15, 0.2) is 12.1 Å². The molecule has 0 saturated heterocycles. The van der Waals surface area contributed by atoms with Gasteiger partial charge in [0.05, 0.1) is 5.52 Å². The summed E-state index contributed by atoms with van der Waals surface area (Å²) in [6, 6.07) is 4.65. The van der Waals surface area contributed by atoms with Crippen LogP contribution in [-0.4, -0.2) is 17.6 Å². The molecule has 0 aliphatic heterocycles. The molecule has 2 aromatic rings. The summed E-state index contributed by atoms with van der Waals surface area (Å²) in [7, 11) is 0. The first-order valence-electron chi connectivity index (χ1n) is 6.50. The van der Waals surface area contributed by atoms with Crippen molar-refractivity contribution >= 4 is 22.5 Å². The number of H-pyrrole nitrogens is 1. The maximum Gasteiger partial charge on any atom is 0.0503 e. The predicted octanol–water partition coefficient (Wildman–Crippen LogP) is 3.98. The molecule has 1 heterocycles. The van der Waals surface area contributed by atoms with Gasteiger partial charge in [0.15, 0.2) is 0 Å². The molecule has 0 spiro atoms. The van der Waals surface area contributed by atoms with E-state index < -0.39 is 0 Å². The lowest BCUT2D eigenvalue weighted by molar-refractivity contribution is 0.590. The van der Waals surface area contributed by atoms with Crippen molar-refractivity contribution in [2.45, 2.75) is 40.2 Å². The van der Waals surface area contributed by atoms with Crippen LogP contribution in [0.4, 0.5) is 0 Å². The molecule has 0 saturated carbocycles. The molecule has 0 atom stereocenters. The van der Waals surface area contributed by atoms with Crippen LogP contribution in [0.1, 0.15) is 30.7 Å². The molecular formula is C15H21ClN2. The Morgan fingerprint density at radius 1 is 1.28 bits per heavy atom. The SMILES string of the molecule is Cc1[nH]c2c(C)c(Cl)ccc2c1CCNC(C)C. The fraction of sp³-hybridized carbons (Fsp3) is 0.467. The third kappa shape index (κ3) is 2.55. The molecular weight excluding hydrogens is 244 g/mol. The molecule has 0 aliphatic rings. The smallest absolute Gasteiger partial charge is 0.0503 e. The normalized spacial score (nSPS) is 11.7. The summed E-state index contributed by atoms with van der Waals surface area (Å²) < 4.78 is 0. The van der Waals surface area contributed by atoms with Crippen LogP contribution < -0.4 is 5.32 Å². The van der Waals surface area contributed by atoms with Gasteiger partial charge >= 0.3 is 0 Å². The van der Waals surface area contributed by atoms with Crippen molar-refractivity contribution in [1.82, 2.24) is 10.3 Å². The zero-order valence-electron chi connectivity index (χ0n) is 11.5. The Bertz CT molecular complexity index is 555. The molecule has 0 bridgehead atoms.